The van der Waals surface area contributed by atoms with Gasteiger partial charge in [0.25, 0.3) is 0 Å². The molecule has 28 heavy (non-hydrogen) atoms. The lowest BCUT2D eigenvalue weighted by Crippen LogP contribution is -2.36. The number of carbonyl (C=O) groups is 1. The van der Waals surface area contributed by atoms with E-state index in [-0.39, 0.29) is 11.5 Å². The first kappa shape index (κ1) is 22.5. The SMILES string of the molecule is CC(C)OC(Cc1cccc(C#C[C@]2(O)CC[C@@H](C(C)(C)C)CC2)c1)C(=O)O. The second kappa shape index (κ2) is 9.11. The Morgan fingerprint density at radius 1 is 1.29 bits per heavy atom. The summed E-state index contributed by atoms with van der Waals surface area (Å²) in [5.41, 5.74) is 0.991. The summed E-state index contributed by atoms with van der Waals surface area (Å²) < 4.78 is 5.49. The van der Waals surface area contributed by atoms with Gasteiger partial charge in [-0.05, 0) is 68.6 Å². The summed E-state index contributed by atoms with van der Waals surface area (Å²) in [6.07, 6.45) is 2.64. The van der Waals surface area contributed by atoms with Crippen LogP contribution >= 0.6 is 0 Å². The normalized spacial score (nSPS) is 23.8. The molecule has 4 heteroatoms. The Morgan fingerprint density at radius 2 is 1.93 bits per heavy atom. The van der Waals surface area contributed by atoms with Gasteiger partial charge in [-0.2, -0.15) is 0 Å². The minimum Gasteiger partial charge on any atom is -0.479 e. The predicted octanol–water partition coefficient (Wildman–Crippen LogP) is 4.43. The van der Waals surface area contributed by atoms with E-state index in [1.54, 1.807) is 0 Å². The average molecular weight is 387 g/mol. The quantitative estimate of drug-likeness (QED) is 0.735. The number of ether oxygens (including phenoxy) is 1. The monoisotopic (exact) mass is 386 g/mol. The first-order chi connectivity index (χ1) is 13.0. The van der Waals surface area contributed by atoms with Crippen LogP contribution in [0.25, 0.3) is 0 Å². The highest BCUT2D eigenvalue weighted by Crippen LogP contribution is 2.41. The first-order valence-electron chi connectivity index (χ1n) is 10.2. The molecule has 2 N–H and O–H groups in total. The van der Waals surface area contributed by atoms with Gasteiger partial charge in [-0.15, -0.1) is 0 Å². The summed E-state index contributed by atoms with van der Waals surface area (Å²) in [6, 6.07) is 7.53. The number of aliphatic carboxylic acids is 1. The lowest BCUT2D eigenvalue weighted by molar-refractivity contribution is -0.153. The van der Waals surface area contributed by atoms with Crippen molar-refractivity contribution in [3.05, 3.63) is 35.4 Å². The fraction of sp³-hybridized carbons (Fsp3) is 0.625. The van der Waals surface area contributed by atoms with E-state index < -0.39 is 17.7 Å². The molecule has 0 spiro atoms. The molecule has 0 amide bonds. The van der Waals surface area contributed by atoms with Crippen molar-refractivity contribution < 1.29 is 19.7 Å². The van der Waals surface area contributed by atoms with Crippen molar-refractivity contribution in [2.45, 2.75) is 84.5 Å². The number of carboxylic acid groups (broad SMARTS) is 1. The van der Waals surface area contributed by atoms with Gasteiger partial charge in [0, 0.05) is 12.0 Å². The van der Waals surface area contributed by atoms with Crippen molar-refractivity contribution in [1.29, 1.82) is 0 Å². The van der Waals surface area contributed by atoms with E-state index >= 15 is 0 Å². The van der Waals surface area contributed by atoms with Gasteiger partial charge in [0.15, 0.2) is 6.10 Å². The molecule has 1 fully saturated rings. The lowest BCUT2D eigenvalue weighted by atomic mass is 9.68. The van der Waals surface area contributed by atoms with Gasteiger partial charge < -0.3 is 14.9 Å². The molecular weight excluding hydrogens is 352 g/mol. The Kier molecular flexibility index (Phi) is 7.31. The van der Waals surface area contributed by atoms with Gasteiger partial charge in [-0.1, -0.05) is 44.7 Å². The Bertz CT molecular complexity index is 725. The zero-order chi connectivity index (χ0) is 20.9. The fourth-order valence-electron chi connectivity index (χ4n) is 3.79. The second-order valence-corrected chi connectivity index (χ2v) is 9.34. The Labute approximate surface area is 169 Å². The Hall–Kier alpha value is -1.83. The molecule has 1 aliphatic carbocycles. The minimum atomic E-state index is -0.963. The fourth-order valence-corrected chi connectivity index (χ4v) is 3.79. The largest absolute Gasteiger partial charge is 0.479 e. The molecule has 1 saturated carbocycles. The summed E-state index contributed by atoms with van der Waals surface area (Å²) >= 11 is 0. The number of hydrogen-bond acceptors (Lipinski definition) is 3. The molecule has 2 rings (SSSR count). The van der Waals surface area contributed by atoms with Crippen molar-refractivity contribution in [1.82, 2.24) is 0 Å². The van der Waals surface area contributed by atoms with Crippen LogP contribution in [0.3, 0.4) is 0 Å². The van der Waals surface area contributed by atoms with Gasteiger partial charge in [-0.25, -0.2) is 4.79 Å². The van der Waals surface area contributed by atoms with Gasteiger partial charge in [-0.3, -0.25) is 0 Å². The molecule has 1 atom stereocenters. The van der Waals surface area contributed by atoms with Crippen LogP contribution in [0, 0.1) is 23.2 Å². The smallest absolute Gasteiger partial charge is 0.333 e. The number of rotatable bonds is 5. The molecule has 154 valence electrons. The second-order valence-electron chi connectivity index (χ2n) is 9.34. The minimum absolute atomic E-state index is 0.151. The van der Waals surface area contributed by atoms with Crippen LogP contribution in [0.2, 0.25) is 0 Å². The van der Waals surface area contributed by atoms with E-state index in [1.807, 2.05) is 38.1 Å². The van der Waals surface area contributed by atoms with E-state index in [9.17, 15) is 15.0 Å². The molecule has 1 aromatic rings. The van der Waals surface area contributed by atoms with Crippen molar-refractivity contribution in [2.24, 2.45) is 11.3 Å². The molecule has 1 unspecified atom stereocenters. The molecule has 0 aromatic heterocycles. The first-order valence-corrected chi connectivity index (χ1v) is 10.2. The predicted molar refractivity (Wildman–Crippen MR) is 111 cm³/mol. The Morgan fingerprint density at radius 3 is 2.46 bits per heavy atom. The third-order valence-corrected chi connectivity index (χ3v) is 5.54. The average Bonchev–Trinajstić information content (AvgIpc) is 2.59. The maximum Gasteiger partial charge on any atom is 0.333 e. The summed E-state index contributed by atoms with van der Waals surface area (Å²) in [6.45, 7) is 10.4. The zero-order valence-corrected chi connectivity index (χ0v) is 17.8. The number of aliphatic hydroxyl groups is 1. The van der Waals surface area contributed by atoms with Crippen LogP contribution in [0.4, 0.5) is 0 Å². The summed E-state index contributed by atoms with van der Waals surface area (Å²) in [5.74, 6) is 5.84. The van der Waals surface area contributed by atoms with E-state index in [4.69, 9.17) is 4.74 Å². The van der Waals surface area contributed by atoms with E-state index in [2.05, 4.69) is 32.6 Å². The van der Waals surface area contributed by atoms with Crippen LogP contribution in [0.1, 0.15) is 71.4 Å². The van der Waals surface area contributed by atoms with Gasteiger partial charge >= 0.3 is 5.97 Å². The van der Waals surface area contributed by atoms with Crippen LogP contribution in [-0.2, 0) is 16.0 Å². The van der Waals surface area contributed by atoms with Crippen LogP contribution in [-0.4, -0.2) is 34.0 Å². The highest BCUT2D eigenvalue weighted by atomic mass is 16.5. The van der Waals surface area contributed by atoms with Crippen molar-refractivity contribution in [3.63, 3.8) is 0 Å². The maximum absolute atomic E-state index is 11.4. The third-order valence-electron chi connectivity index (χ3n) is 5.54. The topological polar surface area (TPSA) is 66.8 Å². The highest BCUT2D eigenvalue weighted by Gasteiger charge is 2.36. The third kappa shape index (κ3) is 6.65. The molecule has 0 saturated heterocycles. The van der Waals surface area contributed by atoms with E-state index in [1.165, 1.54) is 0 Å². The molecule has 0 radical (unpaired) electrons. The molecule has 0 bridgehead atoms. The van der Waals surface area contributed by atoms with E-state index in [0.29, 0.717) is 25.2 Å². The van der Waals surface area contributed by atoms with Gasteiger partial charge in [0.1, 0.15) is 5.60 Å². The number of benzene rings is 1. The summed E-state index contributed by atoms with van der Waals surface area (Å²) in [7, 11) is 0. The number of carboxylic acids is 1. The van der Waals surface area contributed by atoms with Crippen molar-refractivity contribution in [3.8, 4) is 11.8 Å². The van der Waals surface area contributed by atoms with Gasteiger partial charge in [0.05, 0.1) is 6.10 Å². The summed E-state index contributed by atoms with van der Waals surface area (Å²) in [4.78, 5) is 11.4. The number of hydrogen-bond donors (Lipinski definition) is 2. The van der Waals surface area contributed by atoms with Crippen LogP contribution in [0.15, 0.2) is 24.3 Å². The van der Waals surface area contributed by atoms with Crippen molar-refractivity contribution in [2.75, 3.05) is 0 Å². The standard InChI is InChI=1S/C24H34O4/c1-17(2)28-21(22(25)26)16-19-8-6-7-18(15-19)9-12-24(27)13-10-20(11-14-24)23(3,4)5/h6-8,15,17,20-21,27H,10-11,13-14,16H2,1-5H3,(H,25,26)/t20-,21?,24+. The zero-order valence-electron chi connectivity index (χ0n) is 17.8. The maximum atomic E-state index is 11.4. The molecule has 0 heterocycles. The van der Waals surface area contributed by atoms with Crippen molar-refractivity contribution >= 4 is 5.97 Å². The molecular formula is C24H34O4. The van der Waals surface area contributed by atoms with Crippen LogP contribution in [0.5, 0.6) is 0 Å². The lowest BCUT2D eigenvalue weighted by Gasteiger charge is -2.39. The molecule has 1 aliphatic rings. The van der Waals surface area contributed by atoms with Crippen LogP contribution < -0.4 is 0 Å². The summed E-state index contributed by atoms with van der Waals surface area (Å²) in [5, 5.41) is 20.2. The van der Waals surface area contributed by atoms with E-state index in [0.717, 1.165) is 24.0 Å². The molecule has 4 nitrogen and oxygen atoms in total. The Balaban J connectivity index is 2.06. The molecule has 0 aliphatic heterocycles. The van der Waals surface area contributed by atoms with Gasteiger partial charge in [0.2, 0.25) is 0 Å². The highest BCUT2D eigenvalue weighted by molar-refractivity contribution is 5.72. The molecule has 1 aromatic carbocycles.